The summed E-state index contributed by atoms with van der Waals surface area (Å²) >= 11 is 0. The number of likely N-dealkylation sites (tertiary alicyclic amines) is 1. The monoisotopic (exact) mass is 383 g/mol. The zero-order valence-electron chi connectivity index (χ0n) is 13.7. The van der Waals surface area contributed by atoms with Crippen molar-refractivity contribution < 1.29 is 31.7 Å². The number of carbonyl (C=O) groups excluding carboxylic acids is 1. The van der Waals surface area contributed by atoms with Crippen LogP contribution in [0.1, 0.15) is 11.3 Å². The number of hydrogen-bond acceptors (Lipinski definition) is 5. The van der Waals surface area contributed by atoms with Crippen LogP contribution in [-0.4, -0.2) is 34.8 Å². The molecule has 2 aromatic rings. The first-order valence-electron chi connectivity index (χ1n) is 7.72. The third-order valence-corrected chi connectivity index (χ3v) is 3.91. The molecule has 1 aromatic heterocycles. The number of hydrogen-bond donors (Lipinski definition) is 0. The van der Waals surface area contributed by atoms with Crippen molar-refractivity contribution in [1.82, 2.24) is 10.1 Å². The van der Waals surface area contributed by atoms with Crippen molar-refractivity contribution in [2.75, 3.05) is 13.1 Å². The second kappa shape index (κ2) is 7.22. The molecule has 1 saturated heterocycles. The Morgan fingerprint density at radius 3 is 2.44 bits per heavy atom. The Bertz CT molecular complexity index is 855. The molecule has 27 heavy (non-hydrogen) atoms. The summed E-state index contributed by atoms with van der Waals surface area (Å²) in [5, 5.41) is 7.51. The van der Waals surface area contributed by atoms with Crippen LogP contribution >= 0.6 is 0 Å². The lowest BCUT2D eigenvalue weighted by atomic mass is 9.93. The topological polar surface area (TPSA) is 67.9 Å². The SMILES string of the molecule is C=C(F)C(=O)N1CC(C(=NOc2ccc(C(F)(F)F)cc2)c2ccno2)C1. The second-order valence-electron chi connectivity index (χ2n) is 5.78. The minimum Gasteiger partial charge on any atom is -0.357 e. The number of rotatable bonds is 5. The van der Waals surface area contributed by atoms with Crippen molar-refractivity contribution in [2.24, 2.45) is 11.1 Å². The molecule has 1 aliphatic rings. The molecule has 0 aliphatic carbocycles. The van der Waals surface area contributed by atoms with Crippen LogP contribution in [0.4, 0.5) is 17.6 Å². The molecular formula is C17H13F4N3O3. The van der Waals surface area contributed by atoms with Crippen LogP contribution in [0.3, 0.4) is 0 Å². The Morgan fingerprint density at radius 2 is 1.93 bits per heavy atom. The first kappa shape index (κ1) is 18.6. The highest BCUT2D eigenvalue weighted by atomic mass is 19.4. The van der Waals surface area contributed by atoms with Crippen molar-refractivity contribution in [3.05, 3.63) is 60.3 Å². The standard InChI is InChI=1S/C17H13F4N3O3/c1-10(18)16(25)24-8-11(9-24)15(14-6-7-22-27-14)23-26-13-4-2-12(3-5-13)17(19,20)21/h2-7,11H,1,8-9H2. The first-order valence-corrected chi connectivity index (χ1v) is 7.72. The Morgan fingerprint density at radius 1 is 1.26 bits per heavy atom. The third kappa shape index (κ3) is 4.15. The average Bonchev–Trinajstić information content (AvgIpc) is 3.10. The Labute approximate surface area is 150 Å². The van der Waals surface area contributed by atoms with E-state index in [1.165, 1.54) is 17.2 Å². The molecule has 0 bridgehead atoms. The van der Waals surface area contributed by atoms with Crippen LogP contribution in [0.5, 0.6) is 5.75 Å². The molecule has 2 heterocycles. The fourth-order valence-corrected chi connectivity index (χ4v) is 2.46. The predicted octanol–water partition coefficient (Wildman–Crippen LogP) is 3.42. The predicted molar refractivity (Wildman–Crippen MR) is 85.4 cm³/mol. The molecule has 0 N–H and O–H groups in total. The summed E-state index contributed by atoms with van der Waals surface area (Å²) < 4.78 is 55.7. The van der Waals surface area contributed by atoms with E-state index in [0.29, 0.717) is 5.71 Å². The minimum atomic E-state index is -4.45. The van der Waals surface area contributed by atoms with Crippen LogP contribution in [-0.2, 0) is 11.0 Å². The summed E-state index contributed by atoms with van der Waals surface area (Å²) in [4.78, 5) is 18.0. The fraction of sp³-hybridized carbons (Fsp3) is 0.235. The maximum atomic E-state index is 12.9. The van der Waals surface area contributed by atoms with Gasteiger partial charge in [0.25, 0.3) is 5.91 Å². The molecule has 6 nitrogen and oxygen atoms in total. The van der Waals surface area contributed by atoms with Gasteiger partial charge < -0.3 is 14.3 Å². The van der Waals surface area contributed by atoms with E-state index in [2.05, 4.69) is 16.9 Å². The van der Waals surface area contributed by atoms with Crippen molar-refractivity contribution in [1.29, 1.82) is 0 Å². The summed E-state index contributed by atoms with van der Waals surface area (Å²) in [6, 6.07) is 5.53. The number of halogens is 4. The van der Waals surface area contributed by atoms with Gasteiger partial charge in [-0.05, 0) is 24.3 Å². The quantitative estimate of drug-likeness (QED) is 0.343. The van der Waals surface area contributed by atoms with Crippen LogP contribution in [0.25, 0.3) is 0 Å². The highest BCUT2D eigenvalue weighted by Crippen LogP contribution is 2.30. The average molecular weight is 383 g/mol. The van der Waals surface area contributed by atoms with Gasteiger partial charge in [0, 0.05) is 25.1 Å². The molecule has 1 amide bonds. The van der Waals surface area contributed by atoms with E-state index in [1.54, 1.807) is 0 Å². The molecule has 142 valence electrons. The van der Waals surface area contributed by atoms with Gasteiger partial charge in [0.05, 0.1) is 11.8 Å². The van der Waals surface area contributed by atoms with Gasteiger partial charge in [-0.25, -0.2) is 4.39 Å². The van der Waals surface area contributed by atoms with Gasteiger partial charge in [-0.3, -0.25) is 4.79 Å². The first-order chi connectivity index (χ1) is 12.8. The van der Waals surface area contributed by atoms with Crippen LogP contribution < -0.4 is 4.84 Å². The lowest BCUT2D eigenvalue weighted by Gasteiger charge is -2.38. The van der Waals surface area contributed by atoms with Gasteiger partial charge in [0.1, 0.15) is 5.71 Å². The van der Waals surface area contributed by atoms with E-state index in [1.807, 2.05) is 0 Å². The van der Waals surface area contributed by atoms with Gasteiger partial charge in [-0.15, -0.1) is 0 Å². The molecule has 1 aromatic carbocycles. The summed E-state index contributed by atoms with van der Waals surface area (Å²) in [5.41, 5.74) is -0.505. The molecule has 1 fully saturated rings. The number of amides is 1. The van der Waals surface area contributed by atoms with E-state index in [-0.39, 0.29) is 30.5 Å². The van der Waals surface area contributed by atoms with Gasteiger partial charge in [0.2, 0.25) is 0 Å². The van der Waals surface area contributed by atoms with Crippen molar-refractivity contribution in [3.63, 3.8) is 0 Å². The smallest absolute Gasteiger partial charge is 0.357 e. The van der Waals surface area contributed by atoms with Crippen LogP contribution in [0.15, 0.2) is 58.6 Å². The number of oxime groups is 1. The molecule has 0 unspecified atom stereocenters. The van der Waals surface area contributed by atoms with Crippen molar-refractivity contribution in [3.8, 4) is 5.75 Å². The highest BCUT2D eigenvalue weighted by Gasteiger charge is 2.37. The maximum absolute atomic E-state index is 12.9. The van der Waals surface area contributed by atoms with Gasteiger partial charge in [-0.1, -0.05) is 16.9 Å². The summed E-state index contributed by atoms with van der Waals surface area (Å²) in [6.45, 7) is 3.29. The zero-order chi connectivity index (χ0) is 19.6. The summed E-state index contributed by atoms with van der Waals surface area (Å²) in [6.07, 6.45) is -3.07. The van der Waals surface area contributed by atoms with Gasteiger partial charge in [-0.2, -0.15) is 13.2 Å². The van der Waals surface area contributed by atoms with E-state index < -0.39 is 23.5 Å². The maximum Gasteiger partial charge on any atom is 0.416 e. The number of aromatic nitrogens is 1. The van der Waals surface area contributed by atoms with Gasteiger partial charge >= 0.3 is 6.18 Å². The Hall–Kier alpha value is -3.17. The fourth-order valence-electron chi connectivity index (χ4n) is 2.46. The number of carbonyl (C=O) groups is 1. The molecule has 10 heteroatoms. The lowest BCUT2D eigenvalue weighted by molar-refractivity contribution is -0.137. The number of benzene rings is 1. The number of alkyl halides is 3. The van der Waals surface area contributed by atoms with E-state index >= 15 is 0 Å². The highest BCUT2D eigenvalue weighted by molar-refractivity contribution is 6.02. The molecule has 0 saturated carbocycles. The molecule has 0 radical (unpaired) electrons. The molecule has 3 rings (SSSR count). The minimum absolute atomic E-state index is 0.0874. The lowest BCUT2D eigenvalue weighted by Crippen LogP contribution is -2.53. The number of nitrogens with zero attached hydrogens (tertiary/aromatic N) is 3. The van der Waals surface area contributed by atoms with Crippen molar-refractivity contribution >= 4 is 11.6 Å². The van der Waals surface area contributed by atoms with Gasteiger partial charge in [0.15, 0.2) is 17.3 Å². The van der Waals surface area contributed by atoms with E-state index in [9.17, 15) is 22.4 Å². The molecular weight excluding hydrogens is 370 g/mol. The largest absolute Gasteiger partial charge is 0.416 e. The Kier molecular flexibility index (Phi) is 4.98. The normalized spacial score (nSPS) is 15.4. The van der Waals surface area contributed by atoms with Crippen LogP contribution in [0.2, 0.25) is 0 Å². The summed E-state index contributed by atoms with van der Waals surface area (Å²) in [7, 11) is 0. The molecule has 0 spiro atoms. The second-order valence-corrected chi connectivity index (χ2v) is 5.78. The van der Waals surface area contributed by atoms with E-state index in [0.717, 1.165) is 24.3 Å². The molecule has 0 atom stereocenters. The summed E-state index contributed by atoms with van der Waals surface area (Å²) in [5.74, 6) is -1.82. The molecule has 1 aliphatic heterocycles. The third-order valence-electron chi connectivity index (χ3n) is 3.91. The van der Waals surface area contributed by atoms with Crippen LogP contribution in [0, 0.1) is 5.92 Å². The Balaban J connectivity index is 1.73. The van der Waals surface area contributed by atoms with Crippen molar-refractivity contribution in [2.45, 2.75) is 6.18 Å². The zero-order valence-corrected chi connectivity index (χ0v) is 13.7. The van der Waals surface area contributed by atoms with E-state index in [4.69, 9.17) is 9.36 Å².